The van der Waals surface area contributed by atoms with Crippen molar-refractivity contribution in [2.45, 2.75) is 102 Å². The maximum Gasteiger partial charge on any atom is 0.335 e. The second-order valence-corrected chi connectivity index (χ2v) is 14.0. The van der Waals surface area contributed by atoms with E-state index >= 15 is 0 Å². The fourth-order valence-corrected chi connectivity index (χ4v) is 9.32. The minimum Gasteiger partial charge on any atom is -0.472 e. The molecule has 0 amide bonds. The van der Waals surface area contributed by atoms with E-state index in [0.29, 0.717) is 24.0 Å². The number of carbonyl (C=O) groups is 4. The Hall–Kier alpha value is -3.22. The lowest BCUT2D eigenvalue weighted by molar-refractivity contribution is -0.228. The van der Waals surface area contributed by atoms with Crippen molar-refractivity contribution < 1.29 is 57.5 Å². The summed E-state index contributed by atoms with van der Waals surface area (Å²) in [6, 6.07) is 1.78. The monoisotopic (exact) mass is 630 g/mol. The molecule has 45 heavy (non-hydrogen) atoms. The standard InChI is InChI=1S/C33H42O12/c1-6-16(2)27(38)30(39)44-29-28(43-15-34)26-18(25-20(35)9-19(32(25,29)4)17-7-8-40-12-17)13-41-22-11-24(37)45-31(3)14-42-23(36)10-21(31)33(22,26)5/h7-8,12,15-16,19-22,26-29,35,38H,6,9-11,13-14H2,1-5H3/t16-,19-,20+,21-,22-,26+,27+,28+,29-,31+,32-,33+/m0/s1. The van der Waals surface area contributed by atoms with Crippen LogP contribution in [-0.4, -0.2) is 83.9 Å². The Morgan fingerprint density at radius 3 is 2.62 bits per heavy atom. The number of furan rings is 1. The Kier molecular flexibility index (Phi) is 7.93. The van der Waals surface area contributed by atoms with Crippen molar-refractivity contribution in [3.05, 3.63) is 35.3 Å². The van der Waals surface area contributed by atoms with Crippen LogP contribution in [0, 0.1) is 28.6 Å². The van der Waals surface area contributed by atoms with Gasteiger partial charge in [-0.2, -0.15) is 0 Å². The van der Waals surface area contributed by atoms with Crippen LogP contribution in [-0.2, 0) is 42.9 Å². The zero-order valence-corrected chi connectivity index (χ0v) is 26.2. The first-order chi connectivity index (χ1) is 21.3. The Morgan fingerprint density at radius 1 is 1.20 bits per heavy atom. The highest BCUT2D eigenvalue weighted by molar-refractivity contribution is 5.76. The molecule has 12 nitrogen and oxygen atoms in total. The van der Waals surface area contributed by atoms with Gasteiger partial charge in [0.2, 0.25) is 0 Å². The Morgan fingerprint density at radius 2 is 1.96 bits per heavy atom. The third kappa shape index (κ3) is 4.66. The molecule has 0 aromatic carbocycles. The van der Waals surface area contributed by atoms with Crippen LogP contribution in [0.2, 0.25) is 0 Å². The van der Waals surface area contributed by atoms with E-state index in [1.807, 2.05) is 20.8 Å². The van der Waals surface area contributed by atoms with Crippen molar-refractivity contribution >= 4 is 24.4 Å². The summed E-state index contributed by atoms with van der Waals surface area (Å²) in [6.45, 7) is 9.22. The highest BCUT2D eigenvalue weighted by Crippen LogP contribution is 2.67. The van der Waals surface area contributed by atoms with Crippen LogP contribution in [0.1, 0.15) is 71.8 Å². The number of hydrogen-bond donors (Lipinski definition) is 2. The molecule has 3 aliphatic heterocycles. The van der Waals surface area contributed by atoms with Crippen molar-refractivity contribution in [1.82, 2.24) is 0 Å². The first kappa shape index (κ1) is 31.7. The number of cyclic esters (lactones) is 1. The summed E-state index contributed by atoms with van der Waals surface area (Å²) in [6.07, 6.45) is -1.85. The number of aliphatic hydroxyl groups is 2. The molecule has 246 valence electrons. The van der Waals surface area contributed by atoms with Gasteiger partial charge in [0.25, 0.3) is 6.47 Å². The van der Waals surface area contributed by atoms with E-state index in [2.05, 4.69) is 0 Å². The molecule has 6 rings (SSSR count). The number of aliphatic hydroxyl groups excluding tert-OH is 2. The molecule has 0 radical (unpaired) electrons. The molecule has 12 atom stereocenters. The topological polar surface area (TPSA) is 168 Å². The largest absolute Gasteiger partial charge is 0.472 e. The van der Waals surface area contributed by atoms with Gasteiger partial charge in [0.1, 0.15) is 24.4 Å². The molecule has 2 N–H and O–H groups in total. The van der Waals surface area contributed by atoms with E-state index in [-0.39, 0.29) is 32.5 Å². The summed E-state index contributed by atoms with van der Waals surface area (Å²) in [5.74, 6) is -4.09. The molecule has 1 aromatic rings. The summed E-state index contributed by atoms with van der Waals surface area (Å²) < 4.78 is 35.4. The SMILES string of the molecule is CC[C@H](C)[C@@H](O)C(=O)O[C@H]1[C@H](OC=O)[C@H]2C(=C3[C@H](O)C[C@@H](c4ccoc4)[C@@]31C)CO[C@H]1CC(=O)O[C@]3(C)COC(=O)C[C@@H]3[C@]12C. The van der Waals surface area contributed by atoms with Crippen LogP contribution in [0.25, 0.3) is 0 Å². The van der Waals surface area contributed by atoms with E-state index in [9.17, 15) is 29.4 Å². The van der Waals surface area contributed by atoms with Gasteiger partial charge in [0.15, 0.2) is 6.10 Å². The average molecular weight is 631 g/mol. The molecule has 3 saturated heterocycles. The van der Waals surface area contributed by atoms with E-state index < -0.39 is 88.5 Å². The van der Waals surface area contributed by atoms with Gasteiger partial charge in [-0.1, -0.05) is 34.1 Å². The maximum absolute atomic E-state index is 13.6. The molecule has 1 aromatic heterocycles. The highest BCUT2D eigenvalue weighted by Gasteiger charge is 2.71. The van der Waals surface area contributed by atoms with Crippen molar-refractivity contribution in [3.8, 4) is 0 Å². The van der Waals surface area contributed by atoms with E-state index in [0.717, 1.165) is 5.56 Å². The van der Waals surface area contributed by atoms with Crippen LogP contribution >= 0.6 is 0 Å². The lowest BCUT2D eigenvalue weighted by Gasteiger charge is -2.60. The third-order valence-corrected chi connectivity index (χ3v) is 11.7. The molecule has 12 heteroatoms. The predicted octanol–water partition coefficient (Wildman–Crippen LogP) is 2.59. The zero-order valence-electron chi connectivity index (χ0n) is 26.2. The Bertz CT molecular complexity index is 1390. The summed E-state index contributed by atoms with van der Waals surface area (Å²) in [7, 11) is 0. The van der Waals surface area contributed by atoms with Crippen LogP contribution in [0.5, 0.6) is 0 Å². The number of rotatable bonds is 7. The minimum absolute atomic E-state index is 0.0149. The zero-order chi connectivity index (χ0) is 32.5. The second kappa shape index (κ2) is 11.2. The van der Waals surface area contributed by atoms with Crippen LogP contribution in [0.3, 0.4) is 0 Å². The van der Waals surface area contributed by atoms with Crippen molar-refractivity contribution in [2.24, 2.45) is 28.6 Å². The summed E-state index contributed by atoms with van der Waals surface area (Å²) in [5.41, 5.74) is -1.40. The fraction of sp³-hybridized carbons (Fsp3) is 0.697. The van der Waals surface area contributed by atoms with Crippen LogP contribution in [0.15, 0.2) is 34.2 Å². The van der Waals surface area contributed by atoms with Crippen LogP contribution < -0.4 is 0 Å². The third-order valence-electron chi connectivity index (χ3n) is 11.7. The maximum atomic E-state index is 13.6. The molecular formula is C33H42O12. The lowest BCUT2D eigenvalue weighted by atomic mass is 9.49. The van der Waals surface area contributed by atoms with Gasteiger partial charge in [-0.15, -0.1) is 0 Å². The predicted molar refractivity (Wildman–Crippen MR) is 153 cm³/mol. The number of hydrogen-bond acceptors (Lipinski definition) is 12. The first-order valence-electron chi connectivity index (χ1n) is 15.7. The van der Waals surface area contributed by atoms with E-state index in [1.165, 1.54) is 6.26 Å². The van der Waals surface area contributed by atoms with Gasteiger partial charge in [-0.3, -0.25) is 14.4 Å². The van der Waals surface area contributed by atoms with Gasteiger partial charge >= 0.3 is 17.9 Å². The number of ether oxygens (including phenoxy) is 5. The molecule has 0 unspecified atom stereocenters. The van der Waals surface area contributed by atoms with Gasteiger partial charge in [0, 0.05) is 28.6 Å². The van der Waals surface area contributed by atoms with Gasteiger partial charge in [-0.05, 0) is 42.0 Å². The number of carbonyl (C=O) groups excluding carboxylic acids is 4. The second-order valence-electron chi connectivity index (χ2n) is 14.0. The van der Waals surface area contributed by atoms with Crippen molar-refractivity contribution in [1.29, 1.82) is 0 Å². The van der Waals surface area contributed by atoms with E-state index in [4.69, 9.17) is 28.1 Å². The fourth-order valence-electron chi connectivity index (χ4n) is 9.32. The Balaban J connectivity index is 1.59. The van der Waals surface area contributed by atoms with Gasteiger partial charge in [-0.25, -0.2) is 4.79 Å². The van der Waals surface area contributed by atoms with Crippen LogP contribution in [0.4, 0.5) is 0 Å². The van der Waals surface area contributed by atoms with Gasteiger partial charge < -0.3 is 38.3 Å². The molecule has 2 aliphatic carbocycles. The Labute approximate surface area is 261 Å². The molecule has 4 fully saturated rings. The first-order valence-corrected chi connectivity index (χ1v) is 15.7. The number of fused-ring (bicyclic) bond motifs is 6. The summed E-state index contributed by atoms with van der Waals surface area (Å²) in [5, 5.41) is 22.7. The lowest BCUT2D eigenvalue weighted by Crippen LogP contribution is -2.67. The molecule has 5 aliphatic rings. The average Bonchev–Trinajstić information content (AvgIpc) is 3.60. The van der Waals surface area contributed by atoms with Crippen molar-refractivity contribution in [2.75, 3.05) is 13.2 Å². The smallest absolute Gasteiger partial charge is 0.335 e. The minimum atomic E-state index is -1.44. The molecule has 4 heterocycles. The quantitative estimate of drug-likeness (QED) is 0.196. The van der Waals surface area contributed by atoms with E-state index in [1.54, 1.807) is 26.2 Å². The highest BCUT2D eigenvalue weighted by atomic mass is 16.6. The summed E-state index contributed by atoms with van der Waals surface area (Å²) in [4.78, 5) is 52.0. The number of esters is 3. The molecule has 1 saturated carbocycles. The normalized spacial score (nSPS) is 42.1. The van der Waals surface area contributed by atoms with Gasteiger partial charge in [0.05, 0.1) is 44.2 Å². The molecule has 0 spiro atoms. The molecule has 0 bridgehead atoms. The summed E-state index contributed by atoms with van der Waals surface area (Å²) >= 11 is 0. The van der Waals surface area contributed by atoms with Crippen molar-refractivity contribution in [3.63, 3.8) is 0 Å². The molecular weight excluding hydrogens is 588 g/mol.